The van der Waals surface area contributed by atoms with Crippen molar-refractivity contribution in [2.75, 3.05) is 5.32 Å². The number of anilines is 1. The molecule has 0 saturated heterocycles. The molecule has 0 radical (unpaired) electrons. The summed E-state index contributed by atoms with van der Waals surface area (Å²) in [5, 5.41) is 3.17. The van der Waals surface area contributed by atoms with Crippen LogP contribution in [0, 0.1) is 6.92 Å². The summed E-state index contributed by atoms with van der Waals surface area (Å²) >= 11 is 5.88. The van der Waals surface area contributed by atoms with Gasteiger partial charge < -0.3 is 5.32 Å². The first kappa shape index (κ1) is 18.4. The maximum Gasteiger partial charge on any atom is 0.241 e. The van der Waals surface area contributed by atoms with Gasteiger partial charge in [0.1, 0.15) is 0 Å². The molecule has 1 unspecified atom stereocenters. The lowest BCUT2D eigenvalue weighted by atomic mass is 10.1. The second kappa shape index (κ2) is 7.34. The van der Waals surface area contributed by atoms with Crippen LogP contribution >= 0.6 is 11.6 Å². The fourth-order valence-electron chi connectivity index (χ4n) is 2.37. The van der Waals surface area contributed by atoms with Crippen molar-refractivity contribution in [3.8, 4) is 0 Å². The SMILES string of the molecule is CC(=O)Nc1cccc(C(C)NS(=O)(=O)c2ccc(Cl)cc2C)c1. The average Bonchev–Trinajstić information content (AvgIpc) is 2.45. The zero-order chi connectivity index (χ0) is 17.9. The van der Waals surface area contributed by atoms with E-state index in [1.807, 2.05) is 0 Å². The molecule has 7 heteroatoms. The van der Waals surface area contributed by atoms with Gasteiger partial charge in [-0.1, -0.05) is 23.7 Å². The van der Waals surface area contributed by atoms with Gasteiger partial charge >= 0.3 is 0 Å². The van der Waals surface area contributed by atoms with Gasteiger partial charge in [-0.2, -0.15) is 0 Å². The van der Waals surface area contributed by atoms with Crippen molar-refractivity contribution in [3.63, 3.8) is 0 Å². The molecule has 2 rings (SSSR count). The van der Waals surface area contributed by atoms with Crippen LogP contribution in [-0.2, 0) is 14.8 Å². The van der Waals surface area contributed by atoms with Crippen LogP contribution in [0.4, 0.5) is 5.69 Å². The third-order valence-corrected chi connectivity index (χ3v) is 5.40. The quantitative estimate of drug-likeness (QED) is 0.848. The van der Waals surface area contributed by atoms with Crippen molar-refractivity contribution in [3.05, 3.63) is 58.6 Å². The van der Waals surface area contributed by atoms with Gasteiger partial charge in [0, 0.05) is 23.7 Å². The van der Waals surface area contributed by atoms with Gasteiger partial charge in [-0.25, -0.2) is 13.1 Å². The first-order chi connectivity index (χ1) is 11.2. The average molecular weight is 367 g/mol. The Hall–Kier alpha value is -1.89. The van der Waals surface area contributed by atoms with Crippen molar-refractivity contribution < 1.29 is 13.2 Å². The molecular formula is C17H19ClN2O3S. The minimum atomic E-state index is -3.69. The molecule has 0 aromatic heterocycles. The Balaban J connectivity index is 2.24. The smallest absolute Gasteiger partial charge is 0.241 e. The first-order valence-corrected chi connectivity index (χ1v) is 9.21. The number of hydrogen-bond donors (Lipinski definition) is 2. The number of benzene rings is 2. The maximum atomic E-state index is 12.6. The normalized spacial score (nSPS) is 12.7. The third kappa shape index (κ3) is 4.56. The molecule has 24 heavy (non-hydrogen) atoms. The summed E-state index contributed by atoms with van der Waals surface area (Å²) in [6.45, 7) is 4.86. The third-order valence-electron chi connectivity index (χ3n) is 3.47. The fraction of sp³-hybridized carbons (Fsp3) is 0.235. The van der Waals surface area contributed by atoms with Gasteiger partial charge in [0.15, 0.2) is 0 Å². The number of halogens is 1. The zero-order valence-electron chi connectivity index (χ0n) is 13.6. The highest BCUT2D eigenvalue weighted by Crippen LogP contribution is 2.23. The van der Waals surface area contributed by atoms with E-state index in [1.54, 1.807) is 50.2 Å². The molecule has 0 saturated carbocycles. The summed E-state index contributed by atoms with van der Waals surface area (Å²) < 4.78 is 27.8. The van der Waals surface area contributed by atoms with E-state index in [9.17, 15) is 13.2 Å². The topological polar surface area (TPSA) is 75.3 Å². The lowest BCUT2D eigenvalue weighted by Crippen LogP contribution is -2.27. The zero-order valence-corrected chi connectivity index (χ0v) is 15.2. The van der Waals surface area contributed by atoms with E-state index in [1.165, 1.54) is 13.0 Å². The van der Waals surface area contributed by atoms with E-state index in [4.69, 9.17) is 11.6 Å². The number of hydrogen-bond acceptors (Lipinski definition) is 3. The van der Waals surface area contributed by atoms with Gasteiger partial charge in [-0.15, -0.1) is 0 Å². The van der Waals surface area contributed by atoms with Crippen molar-refractivity contribution >= 4 is 33.2 Å². The van der Waals surface area contributed by atoms with Crippen LogP contribution in [0.5, 0.6) is 0 Å². The van der Waals surface area contributed by atoms with Gasteiger partial charge in [0.25, 0.3) is 0 Å². The summed E-state index contributed by atoms with van der Waals surface area (Å²) in [6.07, 6.45) is 0. The highest BCUT2D eigenvalue weighted by atomic mass is 35.5. The number of carbonyl (C=O) groups excluding carboxylic acids is 1. The number of rotatable bonds is 5. The second-order valence-corrected chi connectivity index (χ2v) is 7.68. The van der Waals surface area contributed by atoms with E-state index in [0.717, 1.165) is 5.56 Å². The predicted octanol–water partition coefficient (Wildman–Crippen LogP) is 3.65. The van der Waals surface area contributed by atoms with Crippen LogP contribution in [0.1, 0.15) is 31.0 Å². The first-order valence-electron chi connectivity index (χ1n) is 7.35. The predicted molar refractivity (Wildman–Crippen MR) is 95.7 cm³/mol. The van der Waals surface area contributed by atoms with Crippen LogP contribution < -0.4 is 10.0 Å². The molecule has 1 amide bonds. The molecule has 2 N–H and O–H groups in total. The molecule has 5 nitrogen and oxygen atoms in total. The molecule has 0 fully saturated rings. The number of sulfonamides is 1. The molecule has 2 aromatic carbocycles. The minimum Gasteiger partial charge on any atom is -0.326 e. The number of amides is 1. The van der Waals surface area contributed by atoms with E-state index in [2.05, 4.69) is 10.0 Å². The van der Waals surface area contributed by atoms with E-state index >= 15 is 0 Å². The Bertz CT molecular complexity index is 866. The summed E-state index contributed by atoms with van der Waals surface area (Å²) in [4.78, 5) is 11.3. The van der Waals surface area contributed by atoms with Crippen LogP contribution in [0.3, 0.4) is 0 Å². The molecule has 1 atom stereocenters. The lowest BCUT2D eigenvalue weighted by Gasteiger charge is -2.17. The van der Waals surface area contributed by atoms with Gasteiger partial charge in [0.05, 0.1) is 4.90 Å². The van der Waals surface area contributed by atoms with Crippen molar-refractivity contribution in [2.24, 2.45) is 0 Å². The van der Waals surface area contributed by atoms with Crippen molar-refractivity contribution in [1.82, 2.24) is 4.72 Å². The molecule has 2 aromatic rings. The molecule has 0 aliphatic heterocycles. The Morgan fingerprint density at radius 1 is 1.17 bits per heavy atom. The van der Waals surface area contributed by atoms with Crippen LogP contribution in [0.2, 0.25) is 5.02 Å². The minimum absolute atomic E-state index is 0.183. The molecule has 0 spiro atoms. The van der Waals surface area contributed by atoms with E-state index in [0.29, 0.717) is 16.3 Å². The van der Waals surface area contributed by atoms with Gasteiger partial charge in [-0.05, 0) is 55.3 Å². The van der Waals surface area contributed by atoms with Crippen molar-refractivity contribution in [1.29, 1.82) is 0 Å². The highest BCUT2D eigenvalue weighted by Gasteiger charge is 2.20. The molecular weight excluding hydrogens is 348 g/mol. The number of aryl methyl sites for hydroxylation is 1. The maximum absolute atomic E-state index is 12.6. The van der Waals surface area contributed by atoms with Gasteiger partial charge in [-0.3, -0.25) is 4.79 Å². The second-order valence-electron chi connectivity index (χ2n) is 5.56. The van der Waals surface area contributed by atoms with Gasteiger partial charge in [0.2, 0.25) is 15.9 Å². The fourth-order valence-corrected chi connectivity index (χ4v) is 4.05. The molecule has 128 valence electrons. The summed E-state index contributed by atoms with van der Waals surface area (Å²) in [6, 6.07) is 11.2. The Labute approximate surface area is 147 Å². The highest BCUT2D eigenvalue weighted by molar-refractivity contribution is 7.89. The number of carbonyl (C=O) groups is 1. The largest absolute Gasteiger partial charge is 0.326 e. The molecule has 0 bridgehead atoms. The van der Waals surface area contributed by atoms with Crippen LogP contribution in [0.25, 0.3) is 0 Å². The van der Waals surface area contributed by atoms with E-state index in [-0.39, 0.29) is 10.8 Å². The Morgan fingerprint density at radius 2 is 1.88 bits per heavy atom. The monoisotopic (exact) mass is 366 g/mol. The Morgan fingerprint density at radius 3 is 2.50 bits per heavy atom. The molecule has 0 aliphatic rings. The van der Waals surface area contributed by atoms with Crippen LogP contribution in [0.15, 0.2) is 47.4 Å². The lowest BCUT2D eigenvalue weighted by molar-refractivity contribution is -0.114. The number of nitrogens with one attached hydrogen (secondary N) is 2. The molecule has 0 heterocycles. The van der Waals surface area contributed by atoms with Crippen LogP contribution in [-0.4, -0.2) is 14.3 Å². The Kier molecular flexibility index (Phi) is 5.64. The summed E-state index contributed by atoms with van der Waals surface area (Å²) in [5.41, 5.74) is 1.94. The molecule has 0 aliphatic carbocycles. The summed E-state index contributed by atoms with van der Waals surface area (Å²) in [5.74, 6) is -0.183. The van der Waals surface area contributed by atoms with Crippen molar-refractivity contribution in [2.45, 2.75) is 31.7 Å². The standard InChI is InChI=1S/C17H19ClN2O3S/c1-11-9-15(18)7-8-17(11)24(22,23)20-12(2)14-5-4-6-16(10-14)19-13(3)21/h4-10,12,20H,1-3H3,(H,19,21). The summed E-state index contributed by atoms with van der Waals surface area (Å²) in [7, 11) is -3.69. The van der Waals surface area contributed by atoms with E-state index < -0.39 is 16.1 Å².